The van der Waals surface area contributed by atoms with Crippen molar-refractivity contribution in [2.24, 2.45) is 0 Å². The average Bonchev–Trinajstić information content (AvgIpc) is 4.43. The van der Waals surface area contributed by atoms with Gasteiger partial charge < -0.3 is 9.13 Å². The van der Waals surface area contributed by atoms with E-state index in [1.165, 1.54) is 10.8 Å². The molecule has 0 bridgehead atoms. The predicted molar refractivity (Wildman–Crippen MR) is 313 cm³/mol. The fourth-order valence-corrected chi connectivity index (χ4v) is 12.1. The second kappa shape index (κ2) is 16.6. The Morgan fingerprint density at radius 1 is 0.211 bits per heavy atom. The van der Waals surface area contributed by atoms with Gasteiger partial charge in [-0.05, 0) is 89.0 Å². The molecule has 7 nitrogen and oxygen atoms in total. The second-order valence-electron chi connectivity index (χ2n) is 19.6. The molecule has 76 heavy (non-hydrogen) atoms. The van der Waals surface area contributed by atoms with Gasteiger partial charge in [-0.15, -0.1) is 0 Å². The first-order valence-electron chi connectivity index (χ1n) is 25.8. The van der Waals surface area contributed by atoms with Crippen molar-refractivity contribution in [3.05, 3.63) is 261 Å². The van der Waals surface area contributed by atoms with E-state index in [9.17, 15) is 0 Å². The van der Waals surface area contributed by atoms with Crippen LogP contribution in [0.5, 0.6) is 0 Å². The summed E-state index contributed by atoms with van der Waals surface area (Å²) in [6.07, 6.45) is 0. The fraction of sp³-hybridized carbons (Fsp3) is 0. The molecule has 0 N–H and O–H groups in total. The molecule has 0 aliphatic carbocycles. The molecule has 11 aromatic carbocycles. The molecular formula is C69H43N7. The van der Waals surface area contributed by atoms with E-state index in [0.29, 0.717) is 17.7 Å². The van der Waals surface area contributed by atoms with E-state index < -0.39 is 0 Å². The normalized spacial score (nSPS) is 11.9. The van der Waals surface area contributed by atoms with Gasteiger partial charge in [-0.3, -0.25) is 9.13 Å². The third-order valence-electron chi connectivity index (χ3n) is 15.4. The van der Waals surface area contributed by atoms with Crippen LogP contribution in [-0.4, -0.2) is 33.2 Å². The summed E-state index contributed by atoms with van der Waals surface area (Å²) >= 11 is 0. The molecule has 0 saturated heterocycles. The smallest absolute Gasteiger partial charge is 0.240 e. The Balaban J connectivity index is 1.09. The van der Waals surface area contributed by atoms with Gasteiger partial charge in [0.05, 0.1) is 44.1 Å². The van der Waals surface area contributed by atoms with Crippen molar-refractivity contribution in [1.29, 1.82) is 0 Å². The molecule has 0 unspecified atom stereocenters. The summed E-state index contributed by atoms with van der Waals surface area (Å²) in [5, 5.41) is 9.06. The van der Waals surface area contributed by atoms with Gasteiger partial charge in [-0.25, -0.2) is 0 Å². The van der Waals surface area contributed by atoms with E-state index in [-0.39, 0.29) is 0 Å². The van der Waals surface area contributed by atoms with Crippen molar-refractivity contribution in [3.8, 4) is 56.9 Å². The van der Waals surface area contributed by atoms with Crippen LogP contribution in [0.4, 0.5) is 0 Å². The Morgan fingerprint density at radius 3 is 0.868 bits per heavy atom. The first kappa shape index (κ1) is 42.2. The zero-order chi connectivity index (χ0) is 49.8. The highest BCUT2D eigenvalue weighted by atomic mass is 15.3. The maximum Gasteiger partial charge on any atom is 0.240 e. The van der Waals surface area contributed by atoms with Gasteiger partial charge in [-0.2, -0.15) is 15.0 Å². The molecule has 0 spiro atoms. The molecule has 354 valence electrons. The summed E-state index contributed by atoms with van der Waals surface area (Å²) in [6.45, 7) is 0. The number of hydrogen-bond acceptors (Lipinski definition) is 3. The Morgan fingerprint density at radius 2 is 0.500 bits per heavy atom. The van der Waals surface area contributed by atoms with Crippen LogP contribution in [0.15, 0.2) is 261 Å². The zero-order valence-corrected chi connectivity index (χ0v) is 41.0. The molecular weight excluding hydrogens is 927 g/mol. The Hall–Kier alpha value is -10.4. The molecule has 16 rings (SSSR count). The van der Waals surface area contributed by atoms with Crippen LogP contribution >= 0.6 is 0 Å². The Labute approximate surface area is 436 Å². The summed E-state index contributed by atoms with van der Waals surface area (Å²) in [6, 6.07) is 93.2. The first-order valence-corrected chi connectivity index (χ1v) is 25.8. The first-order chi connectivity index (χ1) is 37.7. The number of nitrogens with zero attached hydrogens (tertiary/aromatic N) is 7. The van der Waals surface area contributed by atoms with Gasteiger partial charge in [0, 0.05) is 60.0 Å². The van der Waals surface area contributed by atoms with Crippen LogP contribution in [0.1, 0.15) is 0 Å². The molecule has 0 atom stereocenters. The SMILES string of the molecule is c1ccc(-c2cc(-c3ccccc3)cc(-c3nc(-n4c5ccccc5c5ccc6c7ccccc7n(-c7ccccc7)c6c54)nc(-n4c5ccccc5c5ccc6c7ccccc7n(-c7ccccc7)c6c54)n3)c2)cc1. The number of hydrogen-bond donors (Lipinski definition) is 0. The van der Waals surface area contributed by atoms with Crippen molar-refractivity contribution < 1.29 is 0 Å². The molecule has 0 saturated carbocycles. The Bertz CT molecular complexity index is 4660. The van der Waals surface area contributed by atoms with E-state index in [0.717, 1.165) is 116 Å². The lowest BCUT2D eigenvalue weighted by atomic mass is 9.96. The summed E-state index contributed by atoms with van der Waals surface area (Å²) in [4.78, 5) is 17.3. The van der Waals surface area contributed by atoms with Crippen LogP contribution in [-0.2, 0) is 0 Å². The number of benzene rings is 11. The molecule has 5 heterocycles. The van der Waals surface area contributed by atoms with Crippen LogP contribution in [0, 0.1) is 0 Å². The van der Waals surface area contributed by atoms with Crippen molar-refractivity contribution in [1.82, 2.24) is 33.2 Å². The van der Waals surface area contributed by atoms with Crippen molar-refractivity contribution in [2.75, 3.05) is 0 Å². The van der Waals surface area contributed by atoms with Gasteiger partial charge in [-0.1, -0.05) is 194 Å². The van der Waals surface area contributed by atoms with E-state index in [1.807, 2.05) is 0 Å². The van der Waals surface area contributed by atoms with Crippen LogP contribution in [0.2, 0.25) is 0 Å². The number of fused-ring (bicyclic) bond motifs is 14. The van der Waals surface area contributed by atoms with Gasteiger partial charge in [0.1, 0.15) is 0 Å². The minimum absolute atomic E-state index is 0.511. The van der Waals surface area contributed by atoms with E-state index in [1.54, 1.807) is 0 Å². The minimum atomic E-state index is 0.511. The lowest BCUT2D eigenvalue weighted by molar-refractivity contribution is 0.893. The minimum Gasteiger partial charge on any atom is -0.307 e. The Kier molecular flexibility index (Phi) is 9.20. The molecule has 0 aliphatic rings. The molecule has 0 radical (unpaired) electrons. The lowest BCUT2D eigenvalue weighted by Crippen LogP contribution is -2.11. The average molecular weight is 970 g/mol. The molecule has 0 fully saturated rings. The fourth-order valence-electron chi connectivity index (χ4n) is 12.1. The summed E-state index contributed by atoms with van der Waals surface area (Å²) in [5.74, 6) is 1.58. The maximum absolute atomic E-state index is 5.82. The van der Waals surface area contributed by atoms with Crippen molar-refractivity contribution in [3.63, 3.8) is 0 Å². The second-order valence-corrected chi connectivity index (χ2v) is 19.6. The van der Waals surface area contributed by atoms with Gasteiger partial charge in [0.15, 0.2) is 5.82 Å². The molecule has 5 aromatic heterocycles. The number of aromatic nitrogens is 7. The molecule has 0 aliphatic heterocycles. The third kappa shape index (κ3) is 6.26. The summed E-state index contributed by atoms with van der Waals surface area (Å²) < 4.78 is 9.41. The monoisotopic (exact) mass is 969 g/mol. The van der Waals surface area contributed by atoms with Gasteiger partial charge >= 0.3 is 0 Å². The standard InChI is InChI=1S/C69H43N7/c1-5-21-44(22-6-1)46-41-47(45-23-7-2-8-24-45)43-48(42-46)67-70-68(75-61-35-19-15-31-53(61)57-39-37-55-51-29-13-17-33-59(51)73(63(55)65(57)75)49-25-9-3-10-26-49)72-69(71-67)76-62-36-20-16-32-54(62)58-40-38-56-52-30-14-18-34-60(52)74(64(56)66(58)76)50-27-11-4-12-28-50/h1-43H. The van der Waals surface area contributed by atoms with Crippen LogP contribution in [0.3, 0.4) is 0 Å². The van der Waals surface area contributed by atoms with Crippen molar-refractivity contribution in [2.45, 2.75) is 0 Å². The molecule has 7 heteroatoms. The number of para-hydroxylation sites is 6. The predicted octanol–water partition coefficient (Wildman–Crippen LogP) is 17.3. The summed E-state index contributed by atoms with van der Waals surface area (Å²) in [7, 11) is 0. The van der Waals surface area contributed by atoms with E-state index in [4.69, 9.17) is 15.0 Å². The highest BCUT2D eigenvalue weighted by Crippen LogP contribution is 2.44. The highest BCUT2D eigenvalue weighted by molar-refractivity contribution is 6.25. The molecule has 0 amide bonds. The quantitative estimate of drug-likeness (QED) is 0.160. The molecule has 16 aromatic rings. The van der Waals surface area contributed by atoms with Crippen LogP contribution in [0.25, 0.3) is 144 Å². The third-order valence-corrected chi connectivity index (χ3v) is 15.4. The largest absolute Gasteiger partial charge is 0.307 e. The van der Waals surface area contributed by atoms with Gasteiger partial charge in [0.2, 0.25) is 11.9 Å². The van der Waals surface area contributed by atoms with Crippen molar-refractivity contribution >= 4 is 87.2 Å². The number of rotatable bonds is 7. The topological polar surface area (TPSA) is 58.4 Å². The van der Waals surface area contributed by atoms with E-state index >= 15 is 0 Å². The van der Waals surface area contributed by atoms with Crippen LogP contribution < -0.4 is 0 Å². The summed E-state index contributed by atoms with van der Waals surface area (Å²) in [5.41, 5.74) is 15.8. The van der Waals surface area contributed by atoms with Gasteiger partial charge in [0.25, 0.3) is 0 Å². The zero-order valence-electron chi connectivity index (χ0n) is 41.0. The van der Waals surface area contributed by atoms with E-state index in [2.05, 4.69) is 279 Å². The maximum atomic E-state index is 5.82. The highest BCUT2D eigenvalue weighted by Gasteiger charge is 2.27. The lowest BCUT2D eigenvalue weighted by Gasteiger charge is -2.16.